The number of hydrogen-bond acceptors (Lipinski definition) is 7. The van der Waals surface area contributed by atoms with Crippen LogP contribution >= 0.6 is 11.9 Å². The Hall–Kier alpha value is -3.13. The number of piperidine rings is 1. The Morgan fingerprint density at radius 2 is 1.94 bits per heavy atom. The zero-order valence-corrected chi connectivity index (χ0v) is 22.3. The topological polar surface area (TPSA) is 77.4 Å². The predicted octanol–water partition coefficient (Wildman–Crippen LogP) is 5.86. The number of hydrazone groups is 1. The van der Waals surface area contributed by atoms with E-state index in [-0.39, 0.29) is 5.09 Å². The number of aliphatic hydroxyl groups excluding tert-OH is 1. The van der Waals surface area contributed by atoms with Crippen LogP contribution in [0.25, 0.3) is 5.57 Å². The number of rotatable bonds is 12. The Balaban J connectivity index is 2.38. The highest BCUT2D eigenvalue weighted by molar-refractivity contribution is 8.01. The molecule has 0 atom stereocenters. The fraction of sp³-hybridized carbons (Fsp3) is 0.407. The number of carbonyl (C=O) groups is 1. The summed E-state index contributed by atoms with van der Waals surface area (Å²) < 4.78 is 8.42. The van der Waals surface area contributed by atoms with Gasteiger partial charge in [0.15, 0.2) is 5.09 Å². The van der Waals surface area contributed by atoms with Crippen molar-refractivity contribution in [3.05, 3.63) is 70.6 Å². The Morgan fingerprint density at radius 1 is 1.26 bits per heavy atom. The molecule has 2 rings (SSSR count). The highest BCUT2D eigenvalue weighted by atomic mass is 32.2. The zero-order chi connectivity index (χ0) is 25.6. The third kappa shape index (κ3) is 8.55. The van der Waals surface area contributed by atoms with E-state index in [9.17, 15) is 9.90 Å². The first-order valence-corrected chi connectivity index (χ1v) is 12.8. The first-order valence-electron chi connectivity index (χ1n) is 12.0. The summed E-state index contributed by atoms with van der Waals surface area (Å²) in [5.41, 5.74) is 4.19. The van der Waals surface area contributed by atoms with Gasteiger partial charge in [-0.05, 0) is 62.8 Å². The van der Waals surface area contributed by atoms with Gasteiger partial charge in [-0.3, -0.25) is 4.79 Å². The highest BCUT2D eigenvalue weighted by Gasteiger charge is 2.21. The number of likely N-dealkylation sites (tertiary alicyclic amines) is 1. The maximum absolute atomic E-state index is 11.4. The van der Waals surface area contributed by atoms with Gasteiger partial charge < -0.3 is 19.5 Å². The number of carbonyl (C=O) groups excluding carboxylic acids is 1. The summed E-state index contributed by atoms with van der Waals surface area (Å²) in [4.78, 5) is 13.7. The number of methoxy groups -OCH3 is 1. The van der Waals surface area contributed by atoms with Gasteiger partial charge in [0.2, 0.25) is 6.41 Å². The smallest absolute Gasteiger partial charge is 0.229 e. The molecule has 1 amide bonds. The van der Waals surface area contributed by atoms with Crippen LogP contribution < -0.4 is 9.46 Å². The summed E-state index contributed by atoms with van der Waals surface area (Å²) in [6, 6.07) is 7.57. The summed E-state index contributed by atoms with van der Waals surface area (Å²) >= 11 is 1.14. The van der Waals surface area contributed by atoms with Crippen molar-refractivity contribution < 1.29 is 14.6 Å². The van der Waals surface area contributed by atoms with Gasteiger partial charge in [0, 0.05) is 43.9 Å². The molecular formula is C27H38N4O3S. The van der Waals surface area contributed by atoms with E-state index in [2.05, 4.69) is 27.7 Å². The Labute approximate surface area is 214 Å². The Kier molecular flexibility index (Phi) is 12.0. The molecule has 1 saturated heterocycles. The molecule has 0 aromatic heterocycles. The standard InChI is InChI=1S/C27H38N4O3S/c1-6-8-12-22(7-2)26(29-30(4)20-32)25(31-17-10-9-11-18-31)19-28-35-27(33)21(3)23-13-15-24(34-5)16-14-23/h7-8,12-16,19-20,28,33H,6,9-11,17-18H2,1-5H3/b12-8-,22-7+,25-19+,27-21+,29-26-. The SMILES string of the molecule is C/C=C(\C=C/CC)C(=N/N(C)C=O)/C(=C\NS/C(O)=C(\C)c1ccc(OC)cc1)N1CCCCC1. The number of nitrogens with zero attached hydrogens (tertiary/aromatic N) is 3. The van der Waals surface area contributed by atoms with Crippen molar-refractivity contribution in [3.63, 3.8) is 0 Å². The van der Waals surface area contributed by atoms with Gasteiger partial charge in [-0.15, -0.1) is 0 Å². The minimum atomic E-state index is 0.171. The van der Waals surface area contributed by atoms with E-state index in [1.54, 1.807) is 14.2 Å². The summed E-state index contributed by atoms with van der Waals surface area (Å²) in [7, 11) is 3.26. The lowest BCUT2D eigenvalue weighted by Crippen LogP contribution is -2.34. The molecule has 35 heavy (non-hydrogen) atoms. The van der Waals surface area contributed by atoms with Crippen molar-refractivity contribution in [3.8, 4) is 5.75 Å². The largest absolute Gasteiger partial charge is 0.501 e. The second-order valence-corrected chi connectivity index (χ2v) is 8.96. The fourth-order valence-corrected chi connectivity index (χ4v) is 4.17. The molecular weight excluding hydrogens is 460 g/mol. The van der Waals surface area contributed by atoms with Crippen molar-refractivity contribution in [1.29, 1.82) is 0 Å². The van der Waals surface area contributed by atoms with E-state index >= 15 is 0 Å². The van der Waals surface area contributed by atoms with Gasteiger partial charge in [-0.25, -0.2) is 5.01 Å². The summed E-state index contributed by atoms with van der Waals surface area (Å²) in [6.45, 7) is 7.74. The van der Waals surface area contributed by atoms with Crippen molar-refractivity contribution in [2.75, 3.05) is 27.2 Å². The average Bonchev–Trinajstić information content (AvgIpc) is 2.90. The second kappa shape index (κ2) is 15.0. The molecule has 190 valence electrons. The van der Waals surface area contributed by atoms with Crippen LogP contribution in [-0.4, -0.2) is 54.4 Å². The highest BCUT2D eigenvalue weighted by Crippen LogP contribution is 2.26. The molecule has 0 bridgehead atoms. The molecule has 0 unspecified atom stereocenters. The van der Waals surface area contributed by atoms with E-state index in [4.69, 9.17) is 4.74 Å². The molecule has 1 heterocycles. The third-order valence-corrected chi connectivity index (χ3v) is 6.40. The van der Waals surface area contributed by atoms with Crippen molar-refractivity contribution in [2.45, 2.75) is 46.5 Å². The summed E-state index contributed by atoms with van der Waals surface area (Å²) in [5, 5.41) is 16.8. The van der Waals surface area contributed by atoms with Gasteiger partial charge in [-0.1, -0.05) is 37.3 Å². The zero-order valence-electron chi connectivity index (χ0n) is 21.5. The van der Waals surface area contributed by atoms with Crippen LogP contribution in [-0.2, 0) is 4.79 Å². The predicted molar refractivity (Wildman–Crippen MR) is 147 cm³/mol. The summed E-state index contributed by atoms with van der Waals surface area (Å²) in [6.07, 6.45) is 13.0. The van der Waals surface area contributed by atoms with Crippen molar-refractivity contribution in [1.82, 2.24) is 14.6 Å². The molecule has 8 heteroatoms. The minimum absolute atomic E-state index is 0.171. The number of ether oxygens (including phenoxy) is 1. The van der Waals surface area contributed by atoms with Crippen LogP contribution in [0.2, 0.25) is 0 Å². The lowest BCUT2D eigenvalue weighted by molar-refractivity contribution is -0.117. The first kappa shape index (κ1) is 28.1. The minimum Gasteiger partial charge on any atom is -0.501 e. The Morgan fingerprint density at radius 3 is 2.51 bits per heavy atom. The molecule has 0 spiro atoms. The number of hydrogen-bond donors (Lipinski definition) is 2. The van der Waals surface area contributed by atoms with Gasteiger partial charge in [0.25, 0.3) is 0 Å². The third-order valence-electron chi connectivity index (χ3n) is 5.66. The van der Waals surface area contributed by atoms with Gasteiger partial charge in [-0.2, -0.15) is 5.10 Å². The van der Waals surface area contributed by atoms with E-state index in [0.29, 0.717) is 12.1 Å². The molecule has 0 radical (unpaired) electrons. The van der Waals surface area contributed by atoms with Crippen molar-refractivity contribution in [2.24, 2.45) is 5.10 Å². The number of nitrogens with one attached hydrogen (secondary N) is 1. The fourth-order valence-electron chi connectivity index (χ4n) is 3.62. The first-order chi connectivity index (χ1) is 16.9. The van der Waals surface area contributed by atoms with Crippen LogP contribution in [0.5, 0.6) is 5.75 Å². The van der Waals surface area contributed by atoms with Crippen LogP contribution in [0.4, 0.5) is 0 Å². The average molecular weight is 499 g/mol. The molecule has 0 aliphatic carbocycles. The number of amides is 1. The monoisotopic (exact) mass is 498 g/mol. The van der Waals surface area contributed by atoms with Crippen LogP contribution in [0.3, 0.4) is 0 Å². The molecule has 1 fully saturated rings. The molecule has 1 aliphatic rings. The molecule has 2 N–H and O–H groups in total. The summed E-state index contributed by atoms with van der Waals surface area (Å²) in [5.74, 6) is 0.768. The van der Waals surface area contributed by atoms with Gasteiger partial charge >= 0.3 is 0 Å². The van der Waals surface area contributed by atoms with Gasteiger partial charge in [0.1, 0.15) is 11.5 Å². The van der Waals surface area contributed by atoms with E-state index in [1.807, 2.05) is 56.5 Å². The normalized spacial score (nSPS) is 16.3. The Bertz CT molecular complexity index is 975. The lowest BCUT2D eigenvalue weighted by Gasteiger charge is -2.32. The quantitative estimate of drug-likeness (QED) is 0.0938. The molecule has 1 aromatic rings. The van der Waals surface area contributed by atoms with E-state index in [0.717, 1.165) is 72.5 Å². The van der Waals surface area contributed by atoms with Crippen LogP contribution in [0, 0.1) is 0 Å². The number of allylic oxidation sites excluding steroid dienone is 5. The molecule has 1 aromatic carbocycles. The maximum Gasteiger partial charge on any atom is 0.229 e. The van der Waals surface area contributed by atoms with Gasteiger partial charge in [0.05, 0.1) is 12.8 Å². The maximum atomic E-state index is 11.4. The molecule has 1 aliphatic heterocycles. The number of benzene rings is 1. The van der Waals surface area contributed by atoms with Crippen molar-refractivity contribution >= 4 is 29.6 Å². The molecule has 7 nitrogen and oxygen atoms in total. The lowest BCUT2D eigenvalue weighted by atomic mass is 10.0. The van der Waals surface area contributed by atoms with Crippen LogP contribution in [0.15, 0.2) is 70.2 Å². The van der Waals surface area contributed by atoms with E-state index < -0.39 is 0 Å². The number of aliphatic hydroxyl groups is 1. The second-order valence-electron chi connectivity index (χ2n) is 8.14. The molecule has 0 saturated carbocycles. The van der Waals surface area contributed by atoms with Crippen LogP contribution in [0.1, 0.15) is 52.0 Å². The van der Waals surface area contributed by atoms with E-state index in [1.165, 1.54) is 11.4 Å².